The summed E-state index contributed by atoms with van der Waals surface area (Å²) >= 11 is 8.26. The van der Waals surface area contributed by atoms with Gasteiger partial charge in [-0.3, -0.25) is 19.5 Å². The Hall–Kier alpha value is -0.860. The second-order valence-corrected chi connectivity index (χ2v) is 9.33. The van der Waals surface area contributed by atoms with Crippen LogP contribution in [0.1, 0.15) is 39.0 Å². The fourth-order valence-electron chi connectivity index (χ4n) is 3.32. The van der Waals surface area contributed by atoms with Gasteiger partial charge in [0.2, 0.25) is 11.8 Å². The SMILES string of the molecule is CCN=C1S[C@@H](CC(=O)Nc2ccc(Br)cc2Br)C(=O)N1C1CCCC1. The van der Waals surface area contributed by atoms with Crippen molar-refractivity contribution in [3.63, 3.8) is 0 Å². The number of amidine groups is 1. The molecule has 1 heterocycles. The van der Waals surface area contributed by atoms with Gasteiger partial charge < -0.3 is 5.32 Å². The topological polar surface area (TPSA) is 61.8 Å². The number of rotatable bonds is 5. The minimum absolute atomic E-state index is 0.0270. The lowest BCUT2D eigenvalue weighted by molar-refractivity contribution is -0.129. The quantitative estimate of drug-likeness (QED) is 0.628. The average molecular weight is 503 g/mol. The van der Waals surface area contributed by atoms with Crippen molar-refractivity contribution in [2.75, 3.05) is 11.9 Å². The van der Waals surface area contributed by atoms with Gasteiger partial charge in [0.15, 0.2) is 5.17 Å². The molecule has 8 heteroatoms. The third kappa shape index (κ3) is 4.51. The van der Waals surface area contributed by atoms with Gasteiger partial charge in [-0.15, -0.1) is 0 Å². The Balaban J connectivity index is 1.68. The molecule has 0 bridgehead atoms. The fraction of sp³-hybridized carbons (Fsp3) is 0.500. The highest BCUT2D eigenvalue weighted by atomic mass is 79.9. The number of nitrogens with zero attached hydrogens (tertiary/aromatic N) is 2. The zero-order valence-electron chi connectivity index (χ0n) is 14.5. The molecule has 2 amide bonds. The number of nitrogens with one attached hydrogen (secondary N) is 1. The van der Waals surface area contributed by atoms with Crippen LogP contribution in [0.15, 0.2) is 32.1 Å². The molecule has 140 valence electrons. The normalized spacial score (nSPS) is 22.4. The van der Waals surface area contributed by atoms with Crippen LogP contribution in [0.3, 0.4) is 0 Å². The van der Waals surface area contributed by atoms with Crippen molar-refractivity contribution in [2.45, 2.75) is 50.3 Å². The van der Waals surface area contributed by atoms with Gasteiger partial charge in [-0.25, -0.2) is 0 Å². The van der Waals surface area contributed by atoms with Gasteiger partial charge in [-0.2, -0.15) is 0 Å². The van der Waals surface area contributed by atoms with E-state index in [1.54, 1.807) is 0 Å². The van der Waals surface area contributed by atoms with Crippen LogP contribution in [0, 0.1) is 0 Å². The molecule has 5 nitrogen and oxygen atoms in total. The molecule has 1 aromatic carbocycles. The van der Waals surface area contributed by atoms with E-state index in [9.17, 15) is 9.59 Å². The number of thioether (sulfide) groups is 1. The summed E-state index contributed by atoms with van der Waals surface area (Å²) in [5.74, 6) is -0.137. The van der Waals surface area contributed by atoms with Gasteiger partial charge in [0, 0.05) is 28.0 Å². The van der Waals surface area contributed by atoms with E-state index in [0.29, 0.717) is 12.2 Å². The van der Waals surface area contributed by atoms with Crippen LogP contribution in [-0.2, 0) is 9.59 Å². The number of hydrogen-bond acceptors (Lipinski definition) is 4. The molecule has 1 saturated heterocycles. The maximum absolute atomic E-state index is 12.9. The van der Waals surface area contributed by atoms with E-state index in [2.05, 4.69) is 42.2 Å². The minimum atomic E-state index is -0.393. The first-order valence-corrected chi connectivity index (χ1v) is 11.2. The molecule has 2 fully saturated rings. The zero-order valence-corrected chi connectivity index (χ0v) is 18.5. The molecular weight excluding hydrogens is 482 g/mol. The predicted octanol–water partition coefficient (Wildman–Crippen LogP) is 4.80. The lowest BCUT2D eigenvalue weighted by atomic mass is 10.2. The van der Waals surface area contributed by atoms with Gasteiger partial charge in [0.1, 0.15) is 5.25 Å². The molecule has 3 rings (SSSR count). The first-order valence-electron chi connectivity index (χ1n) is 8.78. The van der Waals surface area contributed by atoms with Crippen LogP contribution in [0.4, 0.5) is 5.69 Å². The van der Waals surface area contributed by atoms with Crippen molar-refractivity contribution in [1.82, 2.24) is 4.90 Å². The standard InChI is InChI=1S/C18H21Br2N3O2S/c1-2-21-18-23(12-5-3-4-6-12)17(25)15(26-18)10-16(24)22-14-8-7-11(19)9-13(14)20/h7-9,12,15H,2-6,10H2,1H3,(H,22,24)/t15-/m0/s1. The van der Waals surface area contributed by atoms with Crippen LogP contribution in [-0.4, -0.2) is 39.7 Å². The summed E-state index contributed by atoms with van der Waals surface area (Å²) in [5, 5.41) is 3.28. The number of carbonyl (C=O) groups excluding carboxylic acids is 2. The number of anilines is 1. The Morgan fingerprint density at radius 2 is 2.08 bits per heavy atom. The second kappa shape index (κ2) is 8.89. The monoisotopic (exact) mass is 501 g/mol. The number of aliphatic imine (C=N–C) groups is 1. The van der Waals surface area contributed by atoms with E-state index in [1.165, 1.54) is 11.8 Å². The Morgan fingerprint density at radius 3 is 2.73 bits per heavy atom. The van der Waals surface area contributed by atoms with Crippen LogP contribution in [0.5, 0.6) is 0 Å². The second-order valence-electron chi connectivity index (χ2n) is 6.39. The first-order chi connectivity index (χ1) is 12.5. The minimum Gasteiger partial charge on any atom is -0.325 e. The molecule has 2 aliphatic rings. The van der Waals surface area contributed by atoms with E-state index in [1.807, 2.05) is 30.0 Å². The molecule has 1 atom stereocenters. The van der Waals surface area contributed by atoms with Gasteiger partial charge >= 0.3 is 0 Å². The van der Waals surface area contributed by atoms with Gasteiger partial charge in [0.25, 0.3) is 0 Å². The Bertz CT molecular complexity index is 735. The molecule has 1 aliphatic carbocycles. The van der Waals surface area contributed by atoms with E-state index in [0.717, 1.165) is 39.8 Å². The number of halogens is 2. The van der Waals surface area contributed by atoms with Crippen molar-refractivity contribution in [3.8, 4) is 0 Å². The summed E-state index contributed by atoms with van der Waals surface area (Å²) in [7, 11) is 0. The van der Waals surface area contributed by atoms with Crippen molar-refractivity contribution in [3.05, 3.63) is 27.1 Å². The molecule has 0 spiro atoms. The number of hydrogen-bond donors (Lipinski definition) is 1. The first kappa shape index (κ1) is 19.9. The lowest BCUT2D eigenvalue weighted by Gasteiger charge is -2.23. The Labute approximate surface area is 174 Å². The Morgan fingerprint density at radius 1 is 1.35 bits per heavy atom. The van der Waals surface area contributed by atoms with E-state index < -0.39 is 5.25 Å². The van der Waals surface area contributed by atoms with E-state index in [4.69, 9.17) is 0 Å². The smallest absolute Gasteiger partial charge is 0.242 e. The fourth-order valence-corrected chi connectivity index (χ4v) is 5.73. The highest BCUT2D eigenvalue weighted by Crippen LogP contribution is 2.36. The molecule has 1 saturated carbocycles. The van der Waals surface area contributed by atoms with Crippen molar-refractivity contribution < 1.29 is 9.59 Å². The highest BCUT2D eigenvalue weighted by Gasteiger charge is 2.43. The summed E-state index contributed by atoms with van der Waals surface area (Å²) in [6.45, 7) is 2.61. The molecule has 0 unspecified atom stereocenters. The summed E-state index contributed by atoms with van der Waals surface area (Å²) < 4.78 is 1.72. The number of carbonyl (C=O) groups is 2. The lowest BCUT2D eigenvalue weighted by Crippen LogP contribution is -2.40. The molecule has 1 N–H and O–H groups in total. The maximum atomic E-state index is 12.9. The van der Waals surface area contributed by atoms with Crippen LogP contribution in [0.25, 0.3) is 0 Å². The van der Waals surface area contributed by atoms with Crippen LogP contribution >= 0.6 is 43.6 Å². The summed E-state index contributed by atoms with van der Waals surface area (Å²) in [6, 6.07) is 5.81. The molecular formula is C18H21Br2N3O2S. The average Bonchev–Trinajstić information content (AvgIpc) is 3.20. The van der Waals surface area contributed by atoms with Crippen molar-refractivity contribution >= 4 is 66.3 Å². The summed E-state index contributed by atoms with van der Waals surface area (Å²) in [6.07, 6.45) is 4.51. The van der Waals surface area contributed by atoms with Crippen molar-refractivity contribution in [1.29, 1.82) is 0 Å². The largest absolute Gasteiger partial charge is 0.325 e. The highest BCUT2D eigenvalue weighted by molar-refractivity contribution is 9.11. The summed E-state index contributed by atoms with van der Waals surface area (Å²) in [5.41, 5.74) is 0.698. The van der Waals surface area contributed by atoms with Crippen LogP contribution < -0.4 is 5.32 Å². The maximum Gasteiger partial charge on any atom is 0.242 e. The number of amides is 2. The molecule has 0 radical (unpaired) electrons. The zero-order chi connectivity index (χ0) is 18.7. The van der Waals surface area contributed by atoms with Crippen LogP contribution in [0.2, 0.25) is 0 Å². The van der Waals surface area contributed by atoms with Crippen molar-refractivity contribution in [2.24, 2.45) is 4.99 Å². The molecule has 1 aromatic rings. The van der Waals surface area contributed by atoms with Gasteiger partial charge in [-0.05, 0) is 53.9 Å². The van der Waals surface area contributed by atoms with Gasteiger partial charge in [0.05, 0.1) is 5.69 Å². The van der Waals surface area contributed by atoms with Gasteiger partial charge in [-0.1, -0.05) is 40.5 Å². The predicted molar refractivity (Wildman–Crippen MR) is 114 cm³/mol. The molecule has 1 aliphatic heterocycles. The molecule has 26 heavy (non-hydrogen) atoms. The third-order valence-corrected chi connectivity index (χ3v) is 6.86. The van der Waals surface area contributed by atoms with E-state index >= 15 is 0 Å². The summed E-state index contributed by atoms with van der Waals surface area (Å²) in [4.78, 5) is 31.7. The Kier molecular flexibility index (Phi) is 6.80. The number of benzene rings is 1. The third-order valence-electron chi connectivity index (χ3n) is 4.53. The molecule has 0 aromatic heterocycles. The van der Waals surface area contributed by atoms with E-state index in [-0.39, 0.29) is 24.3 Å².